The van der Waals surface area contributed by atoms with E-state index >= 15 is 0 Å². The van der Waals surface area contributed by atoms with Crippen LogP contribution in [0.4, 0.5) is 11.5 Å². The summed E-state index contributed by atoms with van der Waals surface area (Å²) in [7, 11) is 0. The van der Waals surface area contributed by atoms with E-state index in [0.29, 0.717) is 22.4 Å². The molecular weight excluding hydrogens is 377 g/mol. The van der Waals surface area contributed by atoms with Gasteiger partial charge in [-0.3, -0.25) is 4.79 Å². The minimum Gasteiger partial charge on any atom is -0.465 e. The molecule has 0 saturated carbocycles. The summed E-state index contributed by atoms with van der Waals surface area (Å²) in [5, 5.41) is 11.7. The van der Waals surface area contributed by atoms with Crippen molar-refractivity contribution in [3.05, 3.63) is 40.5 Å². The Hall–Kier alpha value is -2.02. The average molecular weight is 396 g/mol. The number of rotatable bonds is 5. The molecule has 1 unspecified atom stereocenters. The number of halogens is 2. The number of carbonyl (C=O) groups is 1. The van der Waals surface area contributed by atoms with Crippen LogP contribution >= 0.6 is 23.2 Å². The summed E-state index contributed by atoms with van der Waals surface area (Å²) >= 11 is 12.2. The zero-order valence-electron chi connectivity index (χ0n) is 14.4. The van der Waals surface area contributed by atoms with Gasteiger partial charge >= 0.3 is 5.97 Å². The predicted octanol–water partition coefficient (Wildman–Crippen LogP) is 3.54. The van der Waals surface area contributed by atoms with Crippen molar-refractivity contribution in [3.8, 4) is 11.1 Å². The molecule has 0 saturated heterocycles. The Morgan fingerprint density at radius 1 is 1.15 bits per heavy atom. The highest BCUT2D eigenvalue weighted by Gasteiger charge is 2.36. The molecule has 2 heterocycles. The molecule has 3 rings (SSSR count). The molecule has 8 heteroatoms. The third-order valence-electron chi connectivity index (χ3n) is 4.13. The minimum atomic E-state index is -0.981. The summed E-state index contributed by atoms with van der Waals surface area (Å²) in [4.78, 5) is 19.6. The third-order valence-corrected chi connectivity index (χ3v) is 4.56. The van der Waals surface area contributed by atoms with E-state index in [1.165, 1.54) is 4.90 Å². The van der Waals surface area contributed by atoms with Crippen molar-refractivity contribution in [2.45, 2.75) is 20.2 Å². The van der Waals surface area contributed by atoms with E-state index in [1.807, 2.05) is 13.0 Å². The van der Waals surface area contributed by atoms with Gasteiger partial charge in [-0.2, -0.15) is 0 Å². The van der Waals surface area contributed by atoms with Gasteiger partial charge < -0.3 is 19.6 Å². The maximum atomic E-state index is 11.9. The van der Waals surface area contributed by atoms with Gasteiger partial charge in [0.1, 0.15) is 6.54 Å². The number of hydrogen-bond acceptors (Lipinski definition) is 6. The fourth-order valence-corrected chi connectivity index (χ4v) is 3.52. The number of carbonyl (C=O) groups excluding carboxylic acids is 1. The monoisotopic (exact) mass is 395 g/mol. The SMILES string of the molecule is CCOC(=O)CN1c2ncc(-c3cc(Cl)cc(Cl)c3)cc2N(CC)C1O. The van der Waals surface area contributed by atoms with Gasteiger partial charge in [0.15, 0.2) is 5.82 Å². The highest BCUT2D eigenvalue weighted by Crippen LogP contribution is 2.39. The molecule has 2 aromatic rings. The lowest BCUT2D eigenvalue weighted by molar-refractivity contribution is -0.141. The van der Waals surface area contributed by atoms with Crippen molar-refractivity contribution in [2.24, 2.45) is 0 Å². The smallest absolute Gasteiger partial charge is 0.325 e. The van der Waals surface area contributed by atoms with Crippen LogP contribution in [0, 0.1) is 0 Å². The maximum Gasteiger partial charge on any atom is 0.325 e. The quantitative estimate of drug-likeness (QED) is 0.780. The molecule has 138 valence electrons. The predicted molar refractivity (Wildman–Crippen MR) is 103 cm³/mol. The zero-order chi connectivity index (χ0) is 18.8. The van der Waals surface area contributed by atoms with E-state index in [1.54, 1.807) is 36.2 Å². The highest BCUT2D eigenvalue weighted by atomic mass is 35.5. The van der Waals surface area contributed by atoms with Gasteiger partial charge in [0.2, 0.25) is 6.35 Å². The summed E-state index contributed by atoms with van der Waals surface area (Å²) in [6.07, 6.45) is 0.690. The van der Waals surface area contributed by atoms with Gasteiger partial charge in [0, 0.05) is 28.4 Å². The molecule has 1 atom stereocenters. The molecule has 6 nitrogen and oxygen atoms in total. The fourth-order valence-electron chi connectivity index (χ4n) is 2.99. The Bertz CT molecular complexity index is 811. The van der Waals surface area contributed by atoms with Crippen molar-refractivity contribution in [3.63, 3.8) is 0 Å². The molecule has 0 spiro atoms. The number of hydrogen-bond donors (Lipinski definition) is 1. The van der Waals surface area contributed by atoms with E-state index in [4.69, 9.17) is 27.9 Å². The summed E-state index contributed by atoms with van der Waals surface area (Å²) in [6.45, 7) is 4.42. The maximum absolute atomic E-state index is 11.9. The second-order valence-corrected chi connectivity index (χ2v) is 6.66. The standard InChI is InChI=1S/C18H19Cl2N3O3/c1-3-22-15-7-12(11-5-13(19)8-14(20)6-11)9-21-17(15)23(18(22)25)10-16(24)26-4-2/h5-9,18,25H,3-4,10H2,1-2H3. The average Bonchev–Trinajstić information content (AvgIpc) is 2.85. The molecule has 1 aliphatic rings. The molecule has 1 aromatic heterocycles. The second-order valence-electron chi connectivity index (χ2n) is 5.79. The number of nitrogens with zero attached hydrogens (tertiary/aromatic N) is 3. The topological polar surface area (TPSA) is 65.9 Å². The van der Waals surface area contributed by atoms with Crippen molar-refractivity contribution in [1.82, 2.24) is 4.98 Å². The molecule has 0 aliphatic carbocycles. The van der Waals surface area contributed by atoms with Crippen LogP contribution in [0.1, 0.15) is 13.8 Å². The highest BCUT2D eigenvalue weighted by molar-refractivity contribution is 6.35. The van der Waals surface area contributed by atoms with Crippen molar-refractivity contribution in [1.29, 1.82) is 0 Å². The Kier molecular flexibility index (Phi) is 5.55. The van der Waals surface area contributed by atoms with Gasteiger partial charge in [0.05, 0.1) is 12.3 Å². The van der Waals surface area contributed by atoms with Crippen LogP contribution in [0.2, 0.25) is 10.0 Å². The summed E-state index contributed by atoms with van der Waals surface area (Å²) < 4.78 is 4.99. The van der Waals surface area contributed by atoms with Crippen molar-refractivity contribution >= 4 is 40.7 Å². The van der Waals surface area contributed by atoms with Crippen LogP contribution in [0.5, 0.6) is 0 Å². The first-order valence-electron chi connectivity index (χ1n) is 8.28. The van der Waals surface area contributed by atoms with E-state index in [2.05, 4.69) is 4.98 Å². The zero-order valence-corrected chi connectivity index (χ0v) is 16.0. The molecule has 0 radical (unpaired) electrons. The molecular formula is C18H19Cl2N3O3. The van der Waals surface area contributed by atoms with Crippen LogP contribution in [0.15, 0.2) is 30.5 Å². The van der Waals surface area contributed by atoms with E-state index in [0.717, 1.165) is 16.8 Å². The Morgan fingerprint density at radius 2 is 1.85 bits per heavy atom. The van der Waals surface area contributed by atoms with Crippen LogP contribution in [0.3, 0.4) is 0 Å². The Balaban J connectivity index is 1.99. The van der Waals surface area contributed by atoms with Gasteiger partial charge in [0.25, 0.3) is 0 Å². The molecule has 0 fully saturated rings. The summed E-state index contributed by atoms with van der Waals surface area (Å²) in [6, 6.07) is 7.17. The lowest BCUT2D eigenvalue weighted by Gasteiger charge is -2.26. The van der Waals surface area contributed by atoms with Gasteiger partial charge in [-0.1, -0.05) is 23.2 Å². The van der Waals surface area contributed by atoms with Crippen molar-refractivity contribution < 1.29 is 14.6 Å². The van der Waals surface area contributed by atoms with Gasteiger partial charge in [-0.05, 0) is 43.7 Å². The molecule has 0 bridgehead atoms. The number of ether oxygens (including phenoxy) is 1. The molecule has 1 aliphatic heterocycles. The number of aliphatic hydroxyl groups is 1. The molecule has 1 aromatic carbocycles. The number of pyridine rings is 1. The normalized spacial score (nSPS) is 16.0. The van der Waals surface area contributed by atoms with Gasteiger partial charge in [-0.25, -0.2) is 4.98 Å². The number of esters is 1. The third kappa shape index (κ3) is 3.58. The first kappa shape index (κ1) is 18.8. The van der Waals surface area contributed by atoms with Crippen LogP contribution < -0.4 is 9.80 Å². The Labute approximate surface area is 161 Å². The number of benzene rings is 1. The number of fused-ring (bicyclic) bond motifs is 1. The van der Waals surface area contributed by atoms with Crippen molar-refractivity contribution in [2.75, 3.05) is 29.5 Å². The first-order chi connectivity index (χ1) is 12.4. The summed E-state index contributed by atoms with van der Waals surface area (Å²) in [5.74, 6) is 0.118. The summed E-state index contributed by atoms with van der Waals surface area (Å²) in [5.41, 5.74) is 2.38. The number of aliphatic hydroxyl groups excluding tert-OH is 1. The van der Waals surface area contributed by atoms with Crippen LogP contribution in [0.25, 0.3) is 11.1 Å². The van der Waals surface area contributed by atoms with Gasteiger partial charge in [-0.15, -0.1) is 0 Å². The molecule has 26 heavy (non-hydrogen) atoms. The first-order valence-corrected chi connectivity index (χ1v) is 9.03. The molecule has 0 amide bonds. The minimum absolute atomic E-state index is 0.0755. The van der Waals surface area contributed by atoms with Crippen LogP contribution in [-0.2, 0) is 9.53 Å². The van der Waals surface area contributed by atoms with E-state index < -0.39 is 12.3 Å². The largest absolute Gasteiger partial charge is 0.465 e. The lowest BCUT2D eigenvalue weighted by Crippen LogP contribution is -2.45. The van der Waals surface area contributed by atoms with Crippen LogP contribution in [-0.4, -0.2) is 42.1 Å². The Morgan fingerprint density at radius 3 is 2.46 bits per heavy atom. The number of anilines is 2. The second kappa shape index (κ2) is 7.70. The lowest BCUT2D eigenvalue weighted by atomic mass is 10.1. The fraction of sp³-hybridized carbons (Fsp3) is 0.333. The molecule has 1 N–H and O–H groups in total. The number of aromatic nitrogens is 1. The van der Waals surface area contributed by atoms with E-state index in [9.17, 15) is 9.90 Å². The van der Waals surface area contributed by atoms with E-state index in [-0.39, 0.29) is 13.2 Å².